The Hall–Kier alpha value is -0.600. The zero-order chi connectivity index (χ0) is 11.5. The lowest BCUT2D eigenvalue weighted by atomic mass is 9.22. The van der Waals surface area contributed by atoms with Crippen molar-refractivity contribution in [2.75, 3.05) is 5.32 Å². The lowest BCUT2D eigenvalue weighted by Gasteiger charge is -2.58. The van der Waals surface area contributed by atoms with Gasteiger partial charge in [0.05, 0.1) is 6.20 Å². The summed E-state index contributed by atoms with van der Waals surface area (Å²) in [6.07, 6.45) is 1.86. The molecule has 1 aliphatic rings. The second-order valence-electron chi connectivity index (χ2n) is 6.06. The Labute approximate surface area is 96.6 Å². The van der Waals surface area contributed by atoms with Crippen LogP contribution in [0.3, 0.4) is 0 Å². The van der Waals surface area contributed by atoms with Crippen molar-refractivity contribution < 1.29 is 0 Å². The lowest BCUT2D eigenvalue weighted by Crippen LogP contribution is -2.67. The van der Waals surface area contributed by atoms with Crippen molar-refractivity contribution in [2.45, 2.75) is 15.9 Å². The predicted molar refractivity (Wildman–Crippen MR) is 80.5 cm³/mol. The summed E-state index contributed by atoms with van der Waals surface area (Å²) in [6, 6.07) is 2.04. The number of aromatic nitrogens is 2. The Kier molecular flexibility index (Phi) is 1.99. The molecule has 9 heteroatoms. The van der Waals surface area contributed by atoms with Gasteiger partial charge in [0.1, 0.15) is 52.9 Å². The number of nitrogens with zero attached hydrogens (tertiary/aromatic N) is 2. The van der Waals surface area contributed by atoms with Crippen molar-refractivity contribution in [2.24, 2.45) is 0 Å². The SMILES string of the molecule is BC1(B)Nc2ccnn2C(B)(B)C1(B)B. The third-order valence-electron chi connectivity index (χ3n) is 4.70. The van der Waals surface area contributed by atoms with E-state index in [0.29, 0.717) is 0 Å². The van der Waals surface area contributed by atoms with Crippen molar-refractivity contribution >= 4 is 52.9 Å². The van der Waals surface area contributed by atoms with Gasteiger partial charge in [-0.2, -0.15) is 5.10 Å². The molecule has 0 saturated heterocycles. The second-order valence-corrected chi connectivity index (χ2v) is 6.06. The summed E-state index contributed by atoms with van der Waals surface area (Å²) in [6.45, 7) is 0. The van der Waals surface area contributed by atoms with E-state index in [1.807, 2.05) is 12.3 Å². The van der Waals surface area contributed by atoms with Gasteiger partial charge in [-0.3, -0.25) is 4.68 Å². The van der Waals surface area contributed by atoms with Crippen LogP contribution in [0, 0.1) is 0 Å². The molecule has 3 nitrogen and oxygen atoms in total. The molecule has 2 heterocycles. The summed E-state index contributed by atoms with van der Waals surface area (Å²) < 4.78 is 2.10. The quantitative estimate of drug-likeness (QED) is 0.417. The van der Waals surface area contributed by atoms with E-state index in [1.165, 1.54) is 0 Å². The van der Waals surface area contributed by atoms with Gasteiger partial charge in [0.25, 0.3) is 0 Å². The summed E-state index contributed by atoms with van der Waals surface area (Å²) in [5.74, 6) is 1.12. The van der Waals surface area contributed by atoms with E-state index in [9.17, 15) is 0 Å². The molecule has 0 fully saturated rings. The van der Waals surface area contributed by atoms with Crippen molar-refractivity contribution in [3.63, 3.8) is 0 Å². The zero-order valence-corrected chi connectivity index (χ0v) is 10.5. The smallest absolute Gasteiger partial charge is 0.125 e. The maximum atomic E-state index is 4.42. The van der Waals surface area contributed by atoms with Crippen LogP contribution < -0.4 is 5.32 Å². The molecule has 0 radical (unpaired) electrons. The maximum absolute atomic E-state index is 4.42. The first-order chi connectivity index (χ1) is 6.70. The normalized spacial score (nSPS) is 25.1. The Bertz CT molecular complexity index is 397. The lowest BCUT2D eigenvalue weighted by molar-refractivity contribution is 0.418. The van der Waals surface area contributed by atoms with Crippen LogP contribution in [0.2, 0.25) is 5.21 Å². The minimum atomic E-state index is 0.0145. The van der Waals surface area contributed by atoms with E-state index in [2.05, 4.69) is 62.2 Å². The highest BCUT2D eigenvalue weighted by atomic mass is 15.4. The molecule has 0 amide bonds. The first kappa shape index (κ1) is 10.9. The second kappa shape index (κ2) is 2.74. The van der Waals surface area contributed by atoms with Gasteiger partial charge in [-0.25, -0.2) is 0 Å². The van der Waals surface area contributed by atoms with Gasteiger partial charge < -0.3 is 5.32 Å². The van der Waals surface area contributed by atoms with E-state index in [1.54, 1.807) is 0 Å². The minimum Gasteiger partial charge on any atom is -0.381 e. The molecular weight excluding hydrogens is 179 g/mol. The van der Waals surface area contributed by atoms with Crippen LogP contribution in [-0.4, -0.2) is 62.2 Å². The number of hydrogen-bond donors (Lipinski definition) is 1. The molecule has 0 aromatic carbocycles. The van der Waals surface area contributed by atoms with E-state index < -0.39 is 0 Å². The van der Waals surface area contributed by atoms with Gasteiger partial charge in [0.2, 0.25) is 0 Å². The fraction of sp³-hybridized carbons (Fsp3) is 0.500. The van der Waals surface area contributed by atoms with Crippen molar-refractivity contribution in [1.29, 1.82) is 0 Å². The van der Waals surface area contributed by atoms with Crippen LogP contribution in [0.1, 0.15) is 0 Å². The van der Waals surface area contributed by atoms with Crippen molar-refractivity contribution in [3.05, 3.63) is 12.3 Å². The number of fused-ring (bicyclic) bond motifs is 1. The Balaban J connectivity index is 2.65. The van der Waals surface area contributed by atoms with E-state index in [-0.39, 0.29) is 15.9 Å². The van der Waals surface area contributed by atoms with Crippen LogP contribution in [0.25, 0.3) is 0 Å². The largest absolute Gasteiger partial charge is 0.381 e. The third kappa shape index (κ3) is 1.18. The molecule has 0 aliphatic carbocycles. The summed E-state index contributed by atoms with van der Waals surface area (Å²) >= 11 is 0. The zero-order valence-electron chi connectivity index (χ0n) is 10.5. The van der Waals surface area contributed by atoms with Gasteiger partial charge in [-0.15, -0.1) is 0 Å². The van der Waals surface area contributed by atoms with Crippen molar-refractivity contribution in [3.8, 4) is 0 Å². The molecule has 1 N–H and O–H groups in total. The van der Waals surface area contributed by atoms with Gasteiger partial charge in [-0.05, 0) is 10.7 Å². The fourth-order valence-electron chi connectivity index (χ4n) is 2.35. The number of hydrogen-bond acceptors (Lipinski definition) is 2. The number of rotatable bonds is 0. The van der Waals surface area contributed by atoms with Crippen molar-refractivity contribution in [1.82, 2.24) is 9.78 Å². The molecule has 1 aliphatic heterocycles. The van der Waals surface area contributed by atoms with Crippen LogP contribution in [0.15, 0.2) is 12.3 Å². The maximum Gasteiger partial charge on any atom is 0.125 e. The molecular formula is C6H15B6N3. The first-order valence-corrected chi connectivity index (χ1v) is 5.53. The van der Waals surface area contributed by atoms with Crippen LogP contribution >= 0.6 is 0 Å². The highest BCUT2D eigenvalue weighted by molar-refractivity contribution is 6.61. The van der Waals surface area contributed by atoms with E-state index >= 15 is 0 Å². The fourth-order valence-corrected chi connectivity index (χ4v) is 2.35. The summed E-state index contributed by atoms with van der Waals surface area (Å²) in [7, 11) is 13.6. The highest BCUT2D eigenvalue weighted by Crippen LogP contribution is 2.46. The minimum absolute atomic E-state index is 0.0145. The van der Waals surface area contributed by atoms with Gasteiger partial charge in [0, 0.05) is 6.07 Å². The third-order valence-corrected chi connectivity index (χ3v) is 4.70. The topological polar surface area (TPSA) is 29.9 Å². The Morgan fingerprint density at radius 3 is 2.33 bits per heavy atom. The molecule has 0 atom stereocenters. The summed E-state index contributed by atoms with van der Waals surface area (Å²) in [5, 5.41) is 8.19. The van der Waals surface area contributed by atoms with Gasteiger partial charge >= 0.3 is 0 Å². The molecule has 0 spiro atoms. The number of nitrogens with one attached hydrogen (secondary N) is 1. The standard InChI is InChI=1S/C6H15B6N3/c7-4(8)5(9,10)14-3-1-2-13-15(3)6(4,11)12/h1-2,14H,7-12H2. The van der Waals surface area contributed by atoms with Gasteiger partial charge in [-0.1, -0.05) is 5.21 Å². The molecule has 0 saturated carbocycles. The summed E-state index contributed by atoms with van der Waals surface area (Å²) in [4.78, 5) is 0. The van der Waals surface area contributed by atoms with E-state index in [0.717, 1.165) is 5.82 Å². The highest BCUT2D eigenvalue weighted by Gasteiger charge is 2.52. The molecule has 15 heavy (non-hydrogen) atoms. The Morgan fingerprint density at radius 2 is 1.73 bits per heavy atom. The number of anilines is 1. The molecule has 1 aromatic heterocycles. The Morgan fingerprint density at radius 1 is 1.13 bits per heavy atom. The van der Waals surface area contributed by atoms with E-state index in [4.69, 9.17) is 0 Å². The predicted octanol–water partition coefficient (Wildman–Crippen LogP) is -5.51. The van der Waals surface area contributed by atoms with Crippen LogP contribution in [0.4, 0.5) is 5.82 Å². The average Bonchev–Trinajstić information content (AvgIpc) is 2.49. The molecule has 72 valence electrons. The van der Waals surface area contributed by atoms with Gasteiger partial charge in [0.15, 0.2) is 0 Å². The molecule has 1 aromatic rings. The molecule has 2 rings (SSSR count). The summed E-state index contributed by atoms with van der Waals surface area (Å²) in [5.41, 5.74) is 0. The average molecular weight is 194 g/mol. The monoisotopic (exact) mass is 195 g/mol. The molecule has 0 bridgehead atoms. The van der Waals surface area contributed by atoms with Crippen LogP contribution in [0.5, 0.6) is 0 Å². The van der Waals surface area contributed by atoms with Crippen LogP contribution in [-0.2, 0) is 5.34 Å². The molecule has 0 unspecified atom stereocenters. The first-order valence-electron chi connectivity index (χ1n) is 5.53.